The van der Waals surface area contributed by atoms with Crippen LogP contribution >= 0.6 is 23.2 Å². The van der Waals surface area contributed by atoms with E-state index in [0.717, 1.165) is 5.76 Å². The minimum absolute atomic E-state index is 0.441. The van der Waals surface area contributed by atoms with Crippen molar-refractivity contribution in [3.8, 4) is 5.69 Å². The molecule has 2 heterocycles. The Morgan fingerprint density at radius 3 is 2.85 bits per heavy atom. The van der Waals surface area contributed by atoms with Crippen molar-refractivity contribution in [2.75, 3.05) is 5.32 Å². The van der Waals surface area contributed by atoms with Crippen molar-refractivity contribution in [1.29, 1.82) is 0 Å². The zero-order chi connectivity index (χ0) is 13.9. The largest absolute Gasteiger partial charge is 0.467 e. The van der Waals surface area contributed by atoms with Gasteiger partial charge in [0.15, 0.2) is 0 Å². The molecule has 3 aromatic rings. The first kappa shape index (κ1) is 13.0. The average Bonchev–Trinajstić information content (AvgIpc) is 3.10. The van der Waals surface area contributed by atoms with Gasteiger partial charge < -0.3 is 9.73 Å². The lowest BCUT2D eigenvalue weighted by Gasteiger charge is -2.06. The number of hydrogen-bond acceptors (Lipinski definition) is 5. The quantitative estimate of drug-likeness (QED) is 0.801. The maximum Gasteiger partial charge on any atom is 0.248 e. The monoisotopic (exact) mass is 309 g/mol. The minimum Gasteiger partial charge on any atom is -0.467 e. The van der Waals surface area contributed by atoms with Crippen molar-refractivity contribution in [2.45, 2.75) is 6.54 Å². The van der Waals surface area contributed by atoms with Crippen molar-refractivity contribution < 1.29 is 4.42 Å². The average molecular weight is 310 g/mol. The van der Waals surface area contributed by atoms with Crippen LogP contribution in [0.2, 0.25) is 10.0 Å². The highest BCUT2D eigenvalue weighted by atomic mass is 35.5. The SMILES string of the molecule is Clc1ccc(-n2nnnc2NCc2ccco2)cc1Cl. The summed E-state index contributed by atoms with van der Waals surface area (Å²) in [7, 11) is 0. The van der Waals surface area contributed by atoms with Crippen molar-refractivity contribution in [1.82, 2.24) is 20.2 Å². The maximum absolute atomic E-state index is 5.99. The molecule has 0 unspecified atom stereocenters. The van der Waals surface area contributed by atoms with E-state index in [1.165, 1.54) is 4.68 Å². The van der Waals surface area contributed by atoms with E-state index in [-0.39, 0.29) is 0 Å². The van der Waals surface area contributed by atoms with Crippen LogP contribution in [0.4, 0.5) is 5.95 Å². The predicted molar refractivity (Wildman–Crippen MR) is 75.2 cm³/mol. The van der Waals surface area contributed by atoms with Crippen LogP contribution in [0.3, 0.4) is 0 Å². The molecule has 0 bridgehead atoms. The summed E-state index contributed by atoms with van der Waals surface area (Å²) in [5, 5.41) is 15.5. The molecule has 0 amide bonds. The summed E-state index contributed by atoms with van der Waals surface area (Å²) in [6.07, 6.45) is 1.61. The van der Waals surface area contributed by atoms with Gasteiger partial charge in [0.05, 0.1) is 28.5 Å². The molecule has 0 saturated carbocycles. The lowest BCUT2D eigenvalue weighted by molar-refractivity contribution is 0.517. The van der Waals surface area contributed by atoms with E-state index in [0.29, 0.717) is 28.2 Å². The van der Waals surface area contributed by atoms with Gasteiger partial charge in [0.25, 0.3) is 0 Å². The molecule has 0 aliphatic carbocycles. The van der Waals surface area contributed by atoms with Gasteiger partial charge >= 0.3 is 0 Å². The molecule has 20 heavy (non-hydrogen) atoms. The van der Waals surface area contributed by atoms with Crippen LogP contribution in [0.25, 0.3) is 5.69 Å². The summed E-state index contributed by atoms with van der Waals surface area (Å²) >= 11 is 11.9. The fourth-order valence-corrected chi connectivity index (χ4v) is 1.96. The number of benzene rings is 1. The number of hydrogen-bond donors (Lipinski definition) is 1. The molecule has 0 atom stereocenters. The molecular weight excluding hydrogens is 301 g/mol. The number of nitrogens with one attached hydrogen (secondary N) is 1. The Kier molecular flexibility index (Phi) is 3.58. The molecule has 8 heteroatoms. The predicted octanol–water partition coefficient (Wildman–Crippen LogP) is 3.17. The molecule has 0 spiro atoms. The molecule has 0 fully saturated rings. The number of halogens is 2. The molecule has 0 saturated heterocycles. The van der Waals surface area contributed by atoms with Crippen LogP contribution < -0.4 is 5.32 Å². The van der Waals surface area contributed by atoms with E-state index in [9.17, 15) is 0 Å². The van der Waals surface area contributed by atoms with Crippen LogP contribution in [-0.4, -0.2) is 20.2 Å². The van der Waals surface area contributed by atoms with E-state index >= 15 is 0 Å². The van der Waals surface area contributed by atoms with Gasteiger partial charge in [-0.2, -0.15) is 4.68 Å². The number of nitrogens with zero attached hydrogens (tertiary/aromatic N) is 4. The second kappa shape index (κ2) is 5.52. The van der Waals surface area contributed by atoms with Crippen molar-refractivity contribution in [3.63, 3.8) is 0 Å². The Hall–Kier alpha value is -2.05. The van der Waals surface area contributed by atoms with Crippen LogP contribution in [0.15, 0.2) is 41.0 Å². The Labute approximate surface area is 124 Å². The van der Waals surface area contributed by atoms with Crippen LogP contribution in [-0.2, 0) is 6.54 Å². The number of aromatic nitrogens is 4. The first-order chi connectivity index (χ1) is 9.74. The lowest BCUT2D eigenvalue weighted by Crippen LogP contribution is -2.07. The number of rotatable bonds is 4. The summed E-state index contributed by atoms with van der Waals surface area (Å²) in [4.78, 5) is 0. The Balaban J connectivity index is 1.84. The third-order valence-electron chi connectivity index (χ3n) is 2.62. The molecular formula is C12H9Cl2N5O. The molecule has 102 valence electrons. The summed E-state index contributed by atoms with van der Waals surface area (Å²) in [6, 6.07) is 8.84. The fraction of sp³-hybridized carbons (Fsp3) is 0.0833. The molecule has 1 N–H and O–H groups in total. The fourth-order valence-electron chi connectivity index (χ4n) is 1.67. The van der Waals surface area contributed by atoms with Gasteiger partial charge in [-0.3, -0.25) is 0 Å². The first-order valence-corrected chi connectivity index (χ1v) is 6.50. The van der Waals surface area contributed by atoms with E-state index in [1.54, 1.807) is 24.5 Å². The molecule has 6 nitrogen and oxygen atoms in total. The van der Waals surface area contributed by atoms with Crippen molar-refractivity contribution in [2.24, 2.45) is 0 Å². The Bertz CT molecular complexity index is 710. The van der Waals surface area contributed by atoms with Gasteiger partial charge in [0, 0.05) is 0 Å². The van der Waals surface area contributed by atoms with Gasteiger partial charge in [-0.15, -0.1) is 0 Å². The Morgan fingerprint density at radius 1 is 1.20 bits per heavy atom. The molecule has 0 aliphatic heterocycles. The van der Waals surface area contributed by atoms with Crippen molar-refractivity contribution in [3.05, 3.63) is 52.4 Å². The number of furan rings is 1. The molecule has 0 aliphatic rings. The van der Waals surface area contributed by atoms with E-state index in [2.05, 4.69) is 20.8 Å². The summed E-state index contributed by atoms with van der Waals surface area (Å²) in [6.45, 7) is 0.481. The molecule has 3 rings (SSSR count). The molecule has 1 aromatic carbocycles. The highest BCUT2D eigenvalue weighted by molar-refractivity contribution is 6.42. The van der Waals surface area contributed by atoms with Crippen LogP contribution in [0, 0.1) is 0 Å². The summed E-state index contributed by atoms with van der Waals surface area (Å²) in [5.74, 6) is 1.27. The third kappa shape index (κ3) is 2.61. The summed E-state index contributed by atoms with van der Waals surface area (Å²) < 4.78 is 6.77. The van der Waals surface area contributed by atoms with Gasteiger partial charge in [-0.05, 0) is 40.8 Å². The topological polar surface area (TPSA) is 68.8 Å². The summed E-state index contributed by atoms with van der Waals surface area (Å²) in [5.41, 5.74) is 0.714. The second-order valence-electron chi connectivity index (χ2n) is 3.95. The van der Waals surface area contributed by atoms with Gasteiger partial charge in [0.2, 0.25) is 5.95 Å². The number of anilines is 1. The standard InChI is InChI=1S/C12H9Cl2N5O/c13-10-4-3-8(6-11(10)14)19-12(16-17-18-19)15-7-9-2-1-5-20-9/h1-6H,7H2,(H,15,16,18). The van der Waals surface area contributed by atoms with Crippen molar-refractivity contribution >= 4 is 29.2 Å². The van der Waals surface area contributed by atoms with Gasteiger partial charge in [-0.1, -0.05) is 28.3 Å². The first-order valence-electron chi connectivity index (χ1n) is 5.74. The lowest BCUT2D eigenvalue weighted by atomic mass is 10.3. The smallest absolute Gasteiger partial charge is 0.248 e. The second-order valence-corrected chi connectivity index (χ2v) is 4.76. The van der Waals surface area contributed by atoms with E-state index in [4.69, 9.17) is 27.6 Å². The molecule has 0 radical (unpaired) electrons. The van der Waals surface area contributed by atoms with Gasteiger partial charge in [-0.25, -0.2) is 0 Å². The third-order valence-corrected chi connectivity index (χ3v) is 3.36. The van der Waals surface area contributed by atoms with E-state index in [1.807, 2.05) is 12.1 Å². The zero-order valence-corrected chi connectivity index (χ0v) is 11.6. The Morgan fingerprint density at radius 2 is 2.10 bits per heavy atom. The highest BCUT2D eigenvalue weighted by Crippen LogP contribution is 2.25. The van der Waals surface area contributed by atoms with Crippen LogP contribution in [0.1, 0.15) is 5.76 Å². The van der Waals surface area contributed by atoms with E-state index < -0.39 is 0 Å². The normalized spacial score (nSPS) is 10.7. The van der Waals surface area contributed by atoms with Crippen LogP contribution in [0.5, 0.6) is 0 Å². The number of tetrazole rings is 1. The van der Waals surface area contributed by atoms with Gasteiger partial charge in [0.1, 0.15) is 5.76 Å². The highest BCUT2D eigenvalue weighted by Gasteiger charge is 2.10. The maximum atomic E-state index is 5.99. The zero-order valence-electron chi connectivity index (χ0n) is 10.1. The molecule has 2 aromatic heterocycles. The minimum atomic E-state index is 0.441.